The number of hydrogen-bond acceptors (Lipinski definition) is 0. The van der Waals surface area contributed by atoms with Crippen LogP contribution in [0.15, 0.2) is 54.6 Å². The molecule has 3 aromatic rings. The normalized spacial score (nSPS) is 10.4. The summed E-state index contributed by atoms with van der Waals surface area (Å²) in [6, 6.07) is 18.1. The molecule has 0 radical (unpaired) electrons. The number of nitrogens with one attached hydrogen (secondary N) is 1. The first-order valence-corrected chi connectivity index (χ1v) is 5.89. The van der Waals surface area contributed by atoms with E-state index in [1.54, 1.807) is 0 Å². The van der Waals surface area contributed by atoms with Crippen LogP contribution in [-0.4, -0.2) is 4.98 Å². The molecule has 86 valence electrons. The van der Waals surface area contributed by atoms with E-state index >= 15 is 0 Å². The molecule has 0 aliphatic rings. The Hall–Kier alpha value is -2.53. The smallest absolute Gasteiger partial charge is 0.190 e. The highest BCUT2D eigenvalue weighted by molar-refractivity contribution is 5.80. The topological polar surface area (TPSA) is 20.1 Å². The first-order chi connectivity index (χ1) is 8.86. The van der Waals surface area contributed by atoms with Crippen molar-refractivity contribution in [1.82, 2.24) is 4.98 Å². The lowest BCUT2D eigenvalue weighted by Crippen LogP contribution is -1.87. The quantitative estimate of drug-likeness (QED) is 0.635. The molecule has 0 unspecified atom stereocenters. The van der Waals surface area contributed by atoms with Crippen molar-refractivity contribution in [1.29, 1.82) is 0 Å². The van der Waals surface area contributed by atoms with Crippen molar-refractivity contribution in [2.75, 3.05) is 0 Å². The Balaban J connectivity index is 1.99. The highest BCUT2D eigenvalue weighted by Gasteiger charge is 2.05. The van der Waals surface area contributed by atoms with Crippen molar-refractivity contribution in [2.45, 2.75) is 6.42 Å². The highest BCUT2D eigenvalue weighted by Crippen LogP contribution is 2.23. The van der Waals surface area contributed by atoms with Crippen molar-refractivity contribution in [2.24, 2.45) is 0 Å². The van der Waals surface area contributed by atoms with Crippen molar-refractivity contribution < 1.29 is 0 Å². The van der Waals surface area contributed by atoms with E-state index in [4.69, 9.17) is 6.57 Å². The Bertz CT molecular complexity index is 699. The fourth-order valence-corrected chi connectivity index (χ4v) is 2.20. The van der Waals surface area contributed by atoms with Crippen molar-refractivity contribution in [3.8, 4) is 0 Å². The predicted octanol–water partition coefficient (Wildman–Crippen LogP) is 4.31. The van der Waals surface area contributed by atoms with Crippen LogP contribution in [0.4, 0.5) is 5.69 Å². The van der Waals surface area contributed by atoms with Crippen LogP contribution in [0, 0.1) is 6.57 Å². The van der Waals surface area contributed by atoms with Gasteiger partial charge in [-0.2, -0.15) is 0 Å². The fourth-order valence-electron chi connectivity index (χ4n) is 2.20. The van der Waals surface area contributed by atoms with Crippen LogP contribution in [0.1, 0.15) is 11.3 Å². The zero-order valence-corrected chi connectivity index (χ0v) is 9.85. The van der Waals surface area contributed by atoms with Gasteiger partial charge in [0.15, 0.2) is 5.69 Å². The molecule has 2 heteroatoms. The van der Waals surface area contributed by atoms with E-state index in [1.807, 2.05) is 36.4 Å². The van der Waals surface area contributed by atoms with Crippen LogP contribution in [0.3, 0.4) is 0 Å². The van der Waals surface area contributed by atoms with Gasteiger partial charge in [-0.25, -0.2) is 4.85 Å². The lowest BCUT2D eigenvalue weighted by Gasteiger charge is -2.01. The summed E-state index contributed by atoms with van der Waals surface area (Å²) in [5.41, 5.74) is 4.09. The second-order valence-electron chi connectivity index (χ2n) is 4.30. The Morgan fingerprint density at radius 3 is 2.61 bits per heavy atom. The van der Waals surface area contributed by atoms with Crippen molar-refractivity contribution >= 4 is 16.6 Å². The number of rotatable bonds is 2. The van der Waals surface area contributed by atoms with Gasteiger partial charge in [-0.1, -0.05) is 42.5 Å². The minimum Gasteiger partial charge on any atom is -0.358 e. The van der Waals surface area contributed by atoms with E-state index < -0.39 is 0 Å². The summed E-state index contributed by atoms with van der Waals surface area (Å²) in [5.74, 6) is 0. The van der Waals surface area contributed by atoms with Gasteiger partial charge in [0.2, 0.25) is 0 Å². The molecule has 0 spiro atoms. The summed E-state index contributed by atoms with van der Waals surface area (Å²) in [6.07, 6.45) is 0.771. The van der Waals surface area contributed by atoms with Gasteiger partial charge < -0.3 is 4.98 Å². The van der Waals surface area contributed by atoms with Crippen LogP contribution >= 0.6 is 0 Å². The van der Waals surface area contributed by atoms with Crippen LogP contribution in [0.2, 0.25) is 0 Å². The number of nitrogens with zero attached hydrogens (tertiary/aromatic N) is 1. The van der Waals surface area contributed by atoms with Crippen molar-refractivity contribution in [3.63, 3.8) is 0 Å². The number of benzene rings is 2. The van der Waals surface area contributed by atoms with Gasteiger partial charge in [0.1, 0.15) is 0 Å². The fraction of sp³-hybridized carbons (Fsp3) is 0.0625. The third kappa shape index (κ3) is 1.87. The second kappa shape index (κ2) is 4.38. The van der Waals surface area contributed by atoms with Gasteiger partial charge in [0.05, 0.1) is 6.57 Å². The molecule has 0 amide bonds. The van der Waals surface area contributed by atoms with Gasteiger partial charge in [-0.05, 0) is 23.1 Å². The second-order valence-corrected chi connectivity index (χ2v) is 4.30. The zero-order valence-electron chi connectivity index (χ0n) is 9.85. The molecule has 1 N–H and O–H groups in total. The van der Waals surface area contributed by atoms with Crippen LogP contribution in [-0.2, 0) is 6.42 Å². The molecule has 2 aromatic carbocycles. The Kier molecular flexibility index (Phi) is 2.59. The average Bonchev–Trinajstić information content (AvgIpc) is 2.81. The molecule has 1 aromatic heterocycles. The van der Waals surface area contributed by atoms with E-state index in [9.17, 15) is 0 Å². The number of H-pyrrole nitrogens is 1. The lowest BCUT2D eigenvalue weighted by molar-refractivity contribution is 1.13. The Morgan fingerprint density at radius 2 is 1.78 bits per heavy atom. The van der Waals surface area contributed by atoms with Crippen LogP contribution in [0.5, 0.6) is 0 Å². The van der Waals surface area contributed by atoms with E-state index in [1.165, 1.54) is 5.39 Å². The molecule has 0 aliphatic carbocycles. The van der Waals surface area contributed by atoms with Crippen molar-refractivity contribution in [3.05, 3.63) is 77.3 Å². The molecule has 18 heavy (non-hydrogen) atoms. The molecule has 0 atom stereocenters. The third-order valence-electron chi connectivity index (χ3n) is 3.08. The van der Waals surface area contributed by atoms with Gasteiger partial charge >= 0.3 is 0 Å². The van der Waals surface area contributed by atoms with Gasteiger partial charge in [-0.15, -0.1) is 0 Å². The molecule has 3 rings (SSSR count). The summed E-state index contributed by atoms with van der Waals surface area (Å²) in [6.45, 7) is 7.17. The number of aromatic nitrogens is 1. The standard InChI is InChI=1S/C16H12N2/c1-17-15-8-4-2-6-12(15)10-14-11-13-7-3-5-9-16(13)18-14/h2-9,11,18H,10H2. The van der Waals surface area contributed by atoms with E-state index in [2.05, 4.69) is 28.0 Å². The van der Waals surface area contributed by atoms with Gasteiger partial charge in [0.25, 0.3) is 0 Å². The zero-order chi connectivity index (χ0) is 12.4. The maximum absolute atomic E-state index is 7.17. The molecule has 0 fully saturated rings. The lowest BCUT2D eigenvalue weighted by atomic mass is 10.1. The minimum absolute atomic E-state index is 0.733. The summed E-state index contributed by atoms with van der Waals surface area (Å²) in [4.78, 5) is 6.95. The highest BCUT2D eigenvalue weighted by atomic mass is 14.7. The molecular formula is C16H12N2. The van der Waals surface area contributed by atoms with E-state index in [-0.39, 0.29) is 0 Å². The first-order valence-electron chi connectivity index (χ1n) is 5.89. The van der Waals surface area contributed by atoms with Crippen LogP contribution in [0.25, 0.3) is 15.7 Å². The maximum Gasteiger partial charge on any atom is 0.190 e. The minimum atomic E-state index is 0.733. The largest absolute Gasteiger partial charge is 0.358 e. The van der Waals surface area contributed by atoms with Crippen LogP contribution < -0.4 is 0 Å². The third-order valence-corrected chi connectivity index (χ3v) is 3.08. The number of aromatic amines is 1. The molecule has 0 saturated heterocycles. The monoisotopic (exact) mass is 232 g/mol. The van der Waals surface area contributed by atoms with E-state index in [0.717, 1.165) is 28.9 Å². The number of hydrogen-bond donors (Lipinski definition) is 1. The Labute approximate surface area is 106 Å². The number of fused-ring (bicyclic) bond motifs is 1. The summed E-state index contributed by atoms with van der Waals surface area (Å²) < 4.78 is 0. The van der Waals surface area contributed by atoms with E-state index in [0.29, 0.717) is 0 Å². The van der Waals surface area contributed by atoms with Gasteiger partial charge in [-0.3, -0.25) is 0 Å². The molecule has 1 heterocycles. The summed E-state index contributed by atoms with van der Waals surface area (Å²) >= 11 is 0. The van der Waals surface area contributed by atoms with Gasteiger partial charge in [0, 0.05) is 17.6 Å². The predicted molar refractivity (Wildman–Crippen MR) is 73.8 cm³/mol. The molecular weight excluding hydrogens is 220 g/mol. The number of para-hydroxylation sites is 2. The maximum atomic E-state index is 7.17. The molecule has 2 nitrogen and oxygen atoms in total. The molecule has 0 bridgehead atoms. The first kappa shape index (κ1) is 10.6. The molecule has 0 saturated carbocycles. The molecule has 0 aliphatic heterocycles. The SMILES string of the molecule is [C-]#[N+]c1ccccc1Cc1cc2ccccc2[nH]1. The average molecular weight is 232 g/mol. The summed E-state index contributed by atoms with van der Waals surface area (Å²) in [5, 5.41) is 1.22. The Morgan fingerprint density at radius 1 is 1.00 bits per heavy atom. The summed E-state index contributed by atoms with van der Waals surface area (Å²) in [7, 11) is 0.